The van der Waals surface area contributed by atoms with E-state index >= 15 is 0 Å². The van der Waals surface area contributed by atoms with E-state index in [0.29, 0.717) is 11.6 Å². The molecule has 3 nitrogen and oxygen atoms in total. The van der Waals surface area contributed by atoms with E-state index in [1.54, 1.807) is 6.07 Å². The number of benzene rings is 1. The Bertz CT molecular complexity index is 560. The van der Waals surface area contributed by atoms with Crippen LogP contribution in [0.1, 0.15) is 45.5 Å². The van der Waals surface area contributed by atoms with E-state index in [4.69, 9.17) is 5.73 Å². The number of halogens is 1. The molecule has 1 aromatic carbocycles. The van der Waals surface area contributed by atoms with Gasteiger partial charge in [-0.2, -0.15) is 0 Å². The second-order valence-electron chi connectivity index (χ2n) is 5.38. The number of hydrogen-bond donors (Lipinski definition) is 1. The van der Waals surface area contributed by atoms with E-state index < -0.39 is 0 Å². The van der Waals surface area contributed by atoms with Gasteiger partial charge in [-0.3, -0.25) is 0 Å². The third kappa shape index (κ3) is 2.95. The minimum Gasteiger partial charge on any atom is -0.327 e. The summed E-state index contributed by atoms with van der Waals surface area (Å²) in [5.74, 6) is 0.710. The van der Waals surface area contributed by atoms with Crippen LogP contribution in [-0.2, 0) is 6.42 Å². The van der Waals surface area contributed by atoms with Gasteiger partial charge in [-0.15, -0.1) is 0 Å². The Balaban J connectivity index is 2.44. The molecular formula is C15H22FN3. The van der Waals surface area contributed by atoms with E-state index in [1.807, 2.05) is 0 Å². The molecule has 0 saturated carbocycles. The molecule has 1 atom stereocenters. The summed E-state index contributed by atoms with van der Waals surface area (Å²) in [6.07, 6.45) is 2.79. The molecule has 0 fully saturated rings. The average molecular weight is 263 g/mol. The molecular weight excluding hydrogens is 241 g/mol. The summed E-state index contributed by atoms with van der Waals surface area (Å²) in [7, 11) is 0. The third-order valence-corrected chi connectivity index (χ3v) is 3.35. The first-order chi connectivity index (χ1) is 9.02. The van der Waals surface area contributed by atoms with Crippen molar-refractivity contribution in [2.45, 2.75) is 52.1 Å². The first-order valence-corrected chi connectivity index (χ1v) is 6.94. The van der Waals surface area contributed by atoms with Crippen molar-refractivity contribution in [1.82, 2.24) is 9.55 Å². The van der Waals surface area contributed by atoms with Crippen LogP contribution in [0.5, 0.6) is 0 Å². The van der Waals surface area contributed by atoms with Crippen molar-refractivity contribution >= 4 is 11.0 Å². The SMILES string of the molecule is CCCC(N)Cc1nc2cc(F)ccc2n1C(C)C. The molecule has 0 amide bonds. The molecule has 1 unspecified atom stereocenters. The molecule has 4 heteroatoms. The van der Waals surface area contributed by atoms with Crippen LogP contribution in [0.4, 0.5) is 4.39 Å². The number of rotatable bonds is 5. The Morgan fingerprint density at radius 2 is 2.11 bits per heavy atom. The van der Waals surface area contributed by atoms with Gasteiger partial charge in [0.15, 0.2) is 0 Å². The molecule has 0 spiro atoms. The predicted octanol–water partition coefficient (Wildman–Crippen LogP) is 3.43. The van der Waals surface area contributed by atoms with Crippen LogP contribution < -0.4 is 5.73 Å². The van der Waals surface area contributed by atoms with Gasteiger partial charge in [0.05, 0.1) is 11.0 Å². The Hall–Kier alpha value is -1.42. The third-order valence-electron chi connectivity index (χ3n) is 3.35. The smallest absolute Gasteiger partial charge is 0.125 e. The molecule has 0 radical (unpaired) electrons. The fourth-order valence-electron chi connectivity index (χ4n) is 2.55. The number of nitrogens with zero attached hydrogens (tertiary/aromatic N) is 2. The van der Waals surface area contributed by atoms with Gasteiger partial charge < -0.3 is 10.3 Å². The maximum atomic E-state index is 13.3. The maximum Gasteiger partial charge on any atom is 0.125 e. The fraction of sp³-hybridized carbons (Fsp3) is 0.533. The van der Waals surface area contributed by atoms with Crippen molar-refractivity contribution < 1.29 is 4.39 Å². The van der Waals surface area contributed by atoms with Crippen molar-refractivity contribution in [3.05, 3.63) is 29.8 Å². The average Bonchev–Trinajstić information content (AvgIpc) is 2.65. The molecule has 1 aromatic heterocycles. The number of aromatic nitrogens is 2. The van der Waals surface area contributed by atoms with Crippen molar-refractivity contribution in [3.63, 3.8) is 0 Å². The lowest BCUT2D eigenvalue weighted by Crippen LogP contribution is -2.24. The molecule has 104 valence electrons. The quantitative estimate of drug-likeness (QED) is 0.898. The summed E-state index contributed by atoms with van der Waals surface area (Å²) in [6.45, 7) is 6.35. The lowest BCUT2D eigenvalue weighted by molar-refractivity contribution is 0.533. The van der Waals surface area contributed by atoms with E-state index in [2.05, 4.69) is 30.3 Å². The van der Waals surface area contributed by atoms with E-state index in [0.717, 1.165) is 30.6 Å². The zero-order chi connectivity index (χ0) is 14.0. The Morgan fingerprint density at radius 3 is 2.74 bits per heavy atom. The highest BCUT2D eigenvalue weighted by Gasteiger charge is 2.15. The van der Waals surface area contributed by atoms with Gasteiger partial charge in [-0.05, 0) is 32.4 Å². The van der Waals surface area contributed by atoms with Crippen LogP contribution in [0.2, 0.25) is 0 Å². The molecule has 1 heterocycles. The van der Waals surface area contributed by atoms with Gasteiger partial charge in [0.25, 0.3) is 0 Å². The van der Waals surface area contributed by atoms with Gasteiger partial charge in [-0.25, -0.2) is 9.37 Å². The van der Waals surface area contributed by atoms with Crippen molar-refractivity contribution in [2.24, 2.45) is 5.73 Å². The van der Waals surface area contributed by atoms with Crippen molar-refractivity contribution in [3.8, 4) is 0 Å². The minimum atomic E-state index is -0.245. The zero-order valence-corrected chi connectivity index (χ0v) is 11.9. The van der Waals surface area contributed by atoms with Crippen LogP contribution in [0.25, 0.3) is 11.0 Å². The van der Waals surface area contributed by atoms with Crippen molar-refractivity contribution in [2.75, 3.05) is 0 Å². The highest BCUT2D eigenvalue weighted by atomic mass is 19.1. The van der Waals surface area contributed by atoms with Gasteiger partial charge >= 0.3 is 0 Å². The summed E-state index contributed by atoms with van der Waals surface area (Å²) >= 11 is 0. The lowest BCUT2D eigenvalue weighted by Gasteiger charge is -2.15. The van der Waals surface area contributed by atoms with Gasteiger partial charge in [-0.1, -0.05) is 13.3 Å². The maximum absolute atomic E-state index is 13.3. The molecule has 0 aliphatic heterocycles. The summed E-state index contributed by atoms with van der Waals surface area (Å²) in [4.78, 5) is 4.56. The molecule has 19 heavy (non-hydrogen) atoms. The summed E-state index contributed by atoms with van der Waals surface area (Å²) < 4.78 is 15.4. The number of nitrogens with two attached hydrogens (primary N) is 1. The van der Waals surface area contributed by atoms with E-state index in [1.165, 1.54) is 12.1 Å². The number of hydrogen-bond acceptors (Lipinski definition) is 2. The summed E-state index contributed by atoms with van der Waals surface area (Å²) in [5, 5.41) is 0. The molecule has 0 saturated heterocycles. The molecule has 2 aromatic rings. The normalized spacial score (nSPS) is 13.4. The Kier molecular flexibility index (Phi) is 4.20. The molecule has 2 rings (SSSR count). The number of fused-ring (bicyclic) bond motifs is 1. The monoisotopic (exact) mass is 263 g/mol. The standard InChI is InChI=1S/C15H22FN3/c1-4-5-12(17)9-15-18-13-8-11(16)6-7-14(13)19(15)10(2)3/h6-8,10,12H,4-5,9,17H2,1-3H3. The Morgan fingerprint density at radius 1 is 1.37 bits per heavy atom. The summed E-state index contributed by atoms with van der Waals surface area (Å²) in [5.41, 5.74) is 7.81. The van der Waals surface area contributed by atoms with Gasteiger partial charge in [0.1, 0.15) is 11.6 Å². The topological polar surface area (TPSA) is 43.8 Å². The van der Waals surface area contributed by atoms with Crippen LogP contribution in [0.15, 0.2) is 18.2 Å². The predicted molar refractivity (Wildman–Crippen MR) is 76.7 cm³/mol. The van der Waals surface area contributed by atoms with Gasteiger partial charge in [0.2, 0.25) is 0 Å². The zero-order valence-electron chi connectivity index (χ0n) is 11.9. The lowest BCUT2D eigenvalue weighted by atomic mass is 10.1. The van der Waals surface area contributed by atoms with Crippen LogP contribution in [0.3, 0.4) is 0 Å². The highest BCUT2D eigenvalue weighted by Crippen LogP contribution is 2.23. The second-order valence-corrected chi connectivity index (χ2v) is 5.38. The van der Waals surface area contributed by atoms with Crippen molar-refractivity contribution in [1.29, 1.82) is 0 Å². The highest BCUT2D eigenvalue weighted by molar-refractivity contribution is 5.76. The van der Waals surface area contributed by atoms with Crippen LogP contribution in [-0.4, -0.2) is 15.6 Å². The van der Waals surface area contributed by atoms with E-state index in [9.17, 15) is 4.39 Å². The first-order valence-electron chi connectivity index (χ1n) is 6.94. The molecule has 2 N–H and O–H groups in total. The molecule has 0 aliphatic carbocycles. The Labute approximate surface area is 113 Å². The molecule has 0 bridgehead atoms. The number of imidazole rings is 1. The van der Waals surface area contributed by atoms with Gasteiger partial charge in [0, 0.05) is 24.6 Å². The minimum absolute atomic E-state index is 0.115. The molecule has 0 aliphatic rings. The fourth-order valence-corrected chi connectivity index (χ4v) is 2.55. The first kappa shape index (κ1) is 14.0. The summed E-state index contributed by atoms with van der Waals surface area (Å²) in [6, 6.07) is 5.18. The van der Waals surface area contributed by atoms with Crippen LogP contribution in [0, 0.1) is 5.82 Å². The second kappa shape index (κ2) is 5.70. The largest absolute Gasteiger partial charge is 0.327 e. The van der Waals surface area contributed by atoms with E-state index in [-0.39, 0.29) is 11.9 Å². The van der Waals surface area contributed by atoms with Crippen LogP contribution >= 0.6 is 0 Å².